The summed E-state index contributed by atoms with van der Waals surface area (Å²) in [5.74, 6) is -1.02. The molecule has 8 heteroatoms. The molecule has 1 aliphatic carbocycles. The number of esters is 1. The van der Waals surface area contributed by atoms with Crippen molar-refractivity contribution in [3.05, 3.63) is 0 Å². The van der Waals surface area contributed by atoms with Crippen molar-refractivity contribution in [1.82, 2.24) is 5.32 Å². The fourth-order valence-electron chi connectivity index (χ4n) is 3.89. The van der Waals surface area contributed by atoms with E-state index in [2.05, 4.69) is 12.2 Å². The van der Waals surface area contributed by atoms with Gasteiger partial charge in [0, 0.05) is 6.42 Å². The van der Waals surface area contributed by atoms with Gasteiger partial charge in [-0.3, -0.25) is 10.1 Å². The quantitative estimate of drug-likeness (QED) is 0.196. The van der Waals surface area contributed by atoms with Crippen LogP contribution < -0.4 is 5.32 Å². The summed E-state index contributed by atoms with van der Waals surface area (Å²) < 4.78 is 28.9. The molecule has 1 fully saturated rings. The van der Waals surface area contributed by atoms with Crippen LogP contribution in [0.1, 0.15) is 98.3 Å². The summed E-state index contributed by atoms with van der Waals surface area (Å²) in [5, 5.41) is 2.76. The summed E-state index contributed by atoms with van der Waals surface area (Å²) in [6.07, 6.45) is 10.5. The number of amides is 1. The minimum atomic E-state index is -2.20. The maximum absolute atomic E-state index is 13.0. The lowest BCUT2D eigenvalue weighted by atomic mass is 9.87. The fourth-order valence-corrected chi connectivity index (χ4v) is 5.07. The fraction of sp³-hybridized carbons (Fsp3) is 0.913. The second-order valence-electron chi connectivity index (χ2n) is 9.55. The number of hydrogen-bond donors (Lipinski definition) is 1. The first kappa shape index (κ1) is 27.8. The van der Waals surface area contributed by atoms with Gasteiger partial charge in [-0.05, 0) is 37.7 Å². The molecule has 1 rings (SSSR count). The Balaban J connectivity index is 2.71. The van der Waals surface area contributed by atoms with E-state index in [-0.39, 0.29) is 12.6 Å². The Morgan fingerprint density at radius 3 is 2.35 bits per heavy atom. The minimum absolute atomic E-state index is 0.0329. The maximum Gasteiger partial charge on any atom is 0.533 e. The summed E-state index contributed by atoms with van der Waals surface area (Å²) in [4.78, 5) is 24.4. The summed E-state index contributed by atoms with van der Waals surface area (Å²) in [6, 6.07) is 0. The number of unbranched alkanes of at least 4 members (excludes halogenated alkanes) is 3. The SMILES string of the molecule is CCCCCCC(CO[P+](=O)C(CC1CCCCC1)NC(=O)OC(C)(C)C)C(=O)OC. The zero-order chi connectivity index (χ0) is 23.3. The molecule has 7 nitrogen and oxygen atoms in total. The summed E-state index contributed by atoms with van der Waals surface area (Å²) >= 11 is 0. The number of carbonyl (C=O) groups excluding carboxylic acids is 2. The predicted octanol–water partition coefficient (Wildman–Crippen LogP) is 6.33. The highest BCUT2D eigenvalue weighted by Crippen LogP contribution is 2.37. The van der Waals surface area contributed by atoms with Crippen LogP contribution in [-0.4, -0.2) is 37.2 Å². The smallest absolute Gasteiger partial charge is 0.469 e. The molecule has 3 unspecified atom stereocenters. The van der Waals surface area contributed by atoms with Crippen LogP contribution >= 0.6 is 8.03 Å². The molecule has 180 valence electrons. The Morgan fingerprint density at radius 1 is 1.10 bits per heavy atom. The normalized spacial score (nSPS) is 17.5. The van der Waals surface area contributed by atoms with Gasteiger partial charge in [-0.1, -0.05) is 64.7 Å². The van der Waals surface area contributed by atoms with Crippen LogP contribution in [0.15, 0.2) is 0 Å². The first-order valence-corrected chi connectivity index (χ1v) is 13.1. The Morgan fingerprint density at radius 2 is 1.77 bits per heavy atom. The molecule has 0 radical (unpaired) electrons. The summed E-state index contributed by atoms with van der Waals surface area (Å²) in [7, 11) is -0.838. The number of carbonyl (C=O) groups is 2. The molecular formula is C23H43NO6P+. The molecule has 1 aliphatic rings. The van der Waals surface area contributed by atoms with Crippen LogP contribution in [0, 0.1) is 11.8 Å². The Hall–Kier alpha value is -1.20. The van der Waals surface area contributed by atoms with Gasteiger partial charge >= 0.3 is 20.1 Å². The van der Waals surface area contributed by atoms with Gasteiger partial charge in [0.05, 0.1) is 13.0 Å². The number of hydrogen-bond acceptors (Lipinski definition) is 6. The molecule has 1 saturated carbocycles. The first-order chi connectivity index (χ1) is 14.7. The standard InChI is InChI=1S/C23H42NO6P/c1-6-7-8-12-15-19(21(25)28-5)17-29-31(27)20(16-18-13-10-9-11-14-18)24-22(26)30-23(2,3)4/h18-20H,6-17H2,1-5H3/p+1. The van der Waals surface area contributed by atoms with Gasteiger partial charge in [0.2, 0.25) is 0 Å². The van der Waals surface area contributed by atoms with Crippen LogP contribution in [-0.2, 0) is 23.4 Å². The monoisotopic (exact) mass is 460 g/mol. The Bertz CT molecular complexity index is 557. The lowest BCUT2D eigenvalue weighted by Crippen LogP contribution is -2.39. The van der Waals surface area contributed by atoms with Crippen LogP contribution in [0.4, 0.5) is 4.79 Å². The van der Waals surface area contributed by atoms with Crippen molar-refractivity contribution in [2.24, 2.45) is 11.8 Å². The molecular weight excluding hydrogens is 417 g/mol. The molecule has 0 aromatic carbocycles. The molecule has 0 aromatic rings. The average Bonchev–Trinajstić information content (AvgIpc) is 2.71. The molecule has 1 amide bonds. The molecule has 0 aliphatic heterocycles. The van der Waals surface area contributed by atoms with Crippen LogP contribution in [0.2, 0.25) is 0 Å². The van der Waals surface area contributed by atoms with Crippen molar-refractivity contribution in [3.8, 4) is 0 Å². The zero-order valence-electron chi connectivity index (χ0n) is 20.1. The van der Waals surface area contributed by atoms with Crippen molar-refractivity contribution < 1.29 is 28.2 Å². The third kappa shape index (κ3) is 12.4. The highest BCUT2D eigenvalue weighted by molar-refractivity contribution is 7.40. The van der Waals surface area contributed by atoms with Crippen LogP contribution in [0.25, 0.3) is 0 Å². The molecule has 0 heterocycles. The number of rotatable bonds is 13. The van der Waals surface area contributed by atoms with E-state index in [0.29, 0.717) is 18.8 Å². The largest absolute Gasteiger partial charge is 0.533 e. The Kier molecular flexibility index (Phi) is 13.3. The lowest BCUT2D eigenvalue weighted by Gasteiger charge is -2.24. The van der Waals surface area contributed by atoms with Crippen molar-refractivity contribution in [2.45, 2.75) is 110 Å². The van der Waals surface area contributed by atoms with Crippen molar-refractivity contribution in [3.63, 3.8) is 0 Å². The van der Waals surface area contributed by atoms with Crippen molar-refractivity contribution in [1.29, 1.82) is 0 Å². The van der Waals surface area contributed by atoms with Gasteiger partial charge in [-0.2, -0.15) is 0 Å². The van der Waals surface area contributed by atoms with E-state index in [1.807, 2.05) is 0 Å². The highest BCUT2D eigenvalue weighted by atomic mass is 31.1. The third-order valence-corrected chi connectivity index (χ3v) is 6.82. The molecule has 1 N–H and O–H groups in total. The van der Waals surface area contributed by atoms with E-state index >= 15 is 0 Å². The summed E-state index contributed by atoms with van der Waals surface area (Å²) in [6.45, 7) is 7.54. The molecule has 3 atom stereocenters. The van der Waals surface area contributed by atoms with Gasteiger partial charge in [0.1, 0.15) is 12.2 Å². The number of ether oxygens (including phenoxy) is 2. The van der Waals surface area contributed by atoms with E-state index < -0.39 is 31.4 Å². The van der Waals surface area contributed by atoms with Gasteiger partial charge < -0.3 is 9.47 Å². The molecule has 31 heavy (non-hydrogen) atoms. The molecule has 0 spiro atoms. The molecule has 0 saturated heterocycles. The lowest BCUT2D eigenvalue weighted by molar-refractivity contribution is -0.146. The minimum Gasteiger partial charge on any atom is -0.469 e. The van der Waals surface area contributed by atoms with E-state index in [1.54, 1.807) is 20.8 Å². The topological polar surface area (TPSA) is 90.9 Å². The predicted molar refractivity (Wildman–Crippen MR) is 122 cm³/mol. The van der Waals surface area contributed by atoms with Crippen LogP contribution in [0.3, 0.4) is 0 Å². The second kappa shape index (κ2) is 14.8. The van der Waals surface area contributed by atoms with Crippen molar-refractivity contribution >= 4 is 20.1 Å². The van der Waals surface area contributed by atoms with Gasteiger partial charge in [0.25, 0.3) is 5.78 Å². The third-order valence-electron chi connectivity index (χ3n) is 5.56. The zero-order valence-corrected chi connectivity index (χ0v) is 21.0. The van der Waals surface area contributed by atoms with Crippen molar-refractivity contribution in [2.75, 3.05) is 13.7 Å². The van der Waals surface area contributed by atoms with Gasteiger partial charge in [0.15, 0.2) is 0 Å². The maximum atomic E-state index is 13.0. The Labute approximate surface area is 189 Å². The number of nitrogens with one attached hydrogen (secondary N) is 1. The molecule has 0 aromatic heterocycles. The second-order valence-corrected chi connectivity index (χ2v) is 11.0. The first-order valence-electron chi connectivity index (χ1n) is 11.8. The number of methoxy groups -OCH3 is 1. The van der Waals surface area contributed by atoms with Gasteiger partial charge in [-0.25, -0.2) is 4.79 Å². The van der Waals surface area contributed by atoms with E-state index in [4.69, 9.17) is 14.0 Å². The highest BCUT2D eigenvalue weighted by Gasteiger charge is 2.39. The van der Waals surface area contributed by atoms with Crippen LogP contribution in [0.5, 0.6) is 0 Å². The van der Waals surface area contributed by atoms with E-state index in [0.717, 1.165) is 51.4 Å². The average molecular weight is 461 g/mol. The van der Waals surface area contributed by atoms with E-state index in [9.17, 15) is 14.2 Å². The number of alkyl carbamates (subject to hydrolysis) is 1. The summed E-state index contributed by atoms with van der Waals surface area (Å²) in [5.41, 5.74) is -0.638. The van der Waals surface area contributed by atoms with Gasteiger partial charge in [-0.15, -0.1) is 4.52 Å². The molecule has 0 bridgehead atoms. The van der Waals surface area contributed by atoms with E-state index in [1.165, 1.54) is 13.5 Å².